The Kier molecular flexibility index (Phi) is 5.46. The first-order valence-corrected chi connectivity index (χ1v) is 8.04. The first kappa shape index (κ1) is 18.5. The Labute approximate surface area is 146 Å². The molecule has 7 nitrogen and oxygen atoms in total. The Bertz CT molecular complexity index is 796. The number of rotatable bonds is 6. The first-order chi connectivity index (χ1) is 11.7. The van der Waals surface area contributed by atoms with E-state index in [-0.39, 0.29) is 11.8 Å². The van der Waals surface area contributed by atoms with Gasteiger partial charge in [-0.3, -0.25) is 9.48 Å². The lowest BCUT2D eigenvalue weighted by molar-refractivity contribution is -0.144. The molecule has 0 bridgehead atoms. The number of carboxylic acid groups (broad SMARTS) is 1. The summed E-state index contributed by atoms with van der Waals surface area (Å²) in [4.78, 5) is 23.4. The minimum Gasteiger partial charge on any atom is -0.479 e. The number of amides is 1. The topological polar surface area (TPSA) is 93.5 Å². The monoisotopic (exact) mass is 345 g/mol. The highest BCUT2D eigenvalue weighted by molar-refractivity contribution is 6.03. The molecular weight excluding hydrogens is 322 g/mol. The number of hydrogen-bond donors (Lipinski definition) is 2. The van der Waals surface area contributed by atoms with E-state index in [9.17, 15) is 9.59 Å². The Morgan fingerprint density at radius 1 is 1.24 bits per heavy atom. The van der Waals surface area contributed by atoms with Gasteiger partial charge in [-0.05, 0) is 37.5 Å². The number of carbonyl (C=O) groups is 2. The van der Waals surface area contributed by atoms with Crippen molar-refractivity contribution in [3.8, 4) is 5.75 Å². The van der Waals surface area contributed by atoms with Crippen LogP contribution in [0.3, 0.4) is 0 Å². The smallest absolute Gasteiger partial charge is 0.344 e. The fraction of sp³-hybridized carbons (Fsp3) is 0.389. The van der Waals surface area contributed by atoms with Crippen molar-refractivity contribution in [3.63, 3.8) is 0 Å². The third-order valence-electron chi connectivity index (χ3n) is 3.82. The zero-order chi connectivity index (χ0) is 18.7. The SMILES string of the molecule is Cc1ccc(NC(=O)c2cc(C(C)C)nn2C)cc1OC(C)C(=O)O. The van der Waals surface area contributed by atoms with Crippen molar-refractivity contribution >= 4 is 17.6 Å². The molecule has 2 rings (SSSR count). The van der Waals surface area contributed by atoms with Gasteiger partial charge in [-0.15, -0.1) is 0 Å². The zero-order valence-corrected chi connectivity index (χ0v) is 15.0. The van der Waals surface area contributed by atoms with Gasteiger partial charge < -0.3 is 15.2 Å². The van der Waals surface area contributed by atoms with Gasteiger partial charge in [-0.1, -0.05) is 19.9 Å². The van der Waals surface area contributed by atoms with Crippen molar-refractivity contribution in [3.05, 3.63) is 41.2 Å². The normalized spacial score (nSPS) is 12.1. The summed E-state index contributed by atoms with van der Waals surface area (Å²) in [6, 6.07) is 6.89. The molecule has 134 valence electrons. The zero-order valence-electron chi connectivity index (χ0n) is 15.0. The first-order valence-electron chi connectivity index (χ1n) is 8.04. The molecule has 0 saturated heterocycles. The highest BCUT2D eigenvalue weighted by Crippen LogP contribution is 2.24. The van der Waals surface area contributed by atoms with Gasteiger partial charge in [0, 0.05) is 18.8 Å². The molecule has 1 aromatic heterocycles. The lowest BCUT2D eigenvalue weighted by Crippen LogP contribution is -2.23. The molecule has 7 heteroatoms. The largest absolute Gasteiger partial charge is 0.479 e. The number of nitrogens with zero attached hydrogens (tertiary/aromatic N) is 2. The number of anilines is 1. The molecule has 0 aliphatic heterocycles. The molecule has 1 heterocycles. The number of hydrogen-bond acceptors (Lipinski definition) is 4. The van der Waals surface area contributed by atoms with Gasteiger partial charge >= 0.3 is 5.97 Å². The predicted octanol–water partition coefficient (Wildman–Crippen LogP) is 2.96. The van der Waals surface area contributed by atoms with Crippen molar-refractivity contribution < 1.29 is 19.4 Å². The third-order valence-corrected chi connectivity index (χ3v) is 3.82. The second kappa shape index (κ2) is 7.38. The van der Waals surface area contributed by atoms with E-state index >= 15 is 0 Å². The maximum atomic E-state index is 12.5. The second-order valence-electron chi connectivity index (χ2n) is 6.27. The molecule has 1 aromatic carbocycles. The molecule has 2 N–H and O–H groups in total. The summed E-state index contributed by atoms with van der Waals surface area (Å²) in [6.45, 7) is 7.29. The van der Waals surface area contributed by atoms with E-state index in [1.54, 1.807) is 36.0 Å². The molecule has 0 radical (unpaired) electrons. The summed E-state index contributed by atoms with van der Waals surface area (Å²) >= 11 is 0. The maximum Gasteiger partial charge on any atom is 0.344 e. The average molecular weight is 345 g/mol. The van der Waals surface area contributed by atoms with Crippen LogP contribution in [0.15, 0.2) is 24.3 Å². The lowest BCUT2D eigenvalue weighted by Gasteiger charge is -2.14. The Morgan fingerprint density at radius 2 is 1.92 bits per heavy atom. The molecule has 0 aliphatic rings. The van der Waals surface area contributed by atoms with Crippen LogP contribution in [0.2, 0.25) is 0 Å². The quantitative estimate of drug-likeness (QED) is 0.839. The summed E-state index contributed by atoms with van der Waals surface area (Å²) in [7, 11) is 1.72. The number of aromatic nitrogens is 2. The summed E-state index contributed by atoms with van der Waals surface area (Å²) < 4.78 is 6.97. The number of carboxylic acids is 1. The van der Waals surface area contributed by atoms with Crippen LogP contribution in [-0.2, 0) is 11.8 Å². The Balaban J connectivity index is 2.20. The second-order valence-corrected chi connectivity index (χ2v) is 6.27. The van der Waals surface area contributed by atoms with Crippen LogP contribution in [0.4, 0.5) is 5.69 Å². The van der Waals surface area contributed by atoms with Crippen LogP contribution in [0, 0.1) is 6.92 Å². The summed E-state index contributed by atoms with van der Waals surface area (Å²) in [6.07, 6.45) is -0.977. The van der Waals surface area contributed by atoms with Crippen LogP contribution in [-0.4, -0.2) is 32.9 Å². The van der Waals surface area contributed by atoms with E-state index in [0.29, 0.717) is 17.1 Å². The molecule has 0 fully saturated rings. The summed E-state index contributed by atoms with van der Waals surface area (Å²) in [5.74, 6) is -0.696. The van der Waals surface area contributed by atoms with E-state index in [1.807, 2.05) is 20.8 Å². The molecule has 1 atom stereocenters. The average Bonchev–Trinajstić information content (AvgIpc) is 2.92. The Hall–Kier alpha value is -2.83. The van der Waals surface area contributed by atoms with Crippen LogP contribution >= 0.6 is 0 Å². The predicted molar refractivity (Wildman–Crippen MR) is 94.2 cm³/mol. The minimum absolute atomic E-state index is 0.227. The van der Waals surface area contributed by atoms with Crippen LogP contribution in [0.1, 0.15) is 48.4 Å². The highest BCUT2D eigenvalue weighted by Gasteiger charge is 2.17. The molecule has 0 spiro atoms. The van der Waals surface area contributed by atoms with Crippen molar-refractivity contribution in [2.24, 2.45) is 7.05 Å². The van der Waals surface area contributed by atoms with Crippen LogP contribution in [0.25, 0.3) is 0 Å². The summed E-state index contributed by atoms with van der Waals surface area (Å²) in [5, 5.41) is 16.1. The van der Waals surface area contributed by atoms with E-state index in [1.165, 1.54) is 6.92 Å². The molecule has 1 unspecified atom stereocenters. The van der Waals surface area contributed by atoms with E-state index in [2.05, 4.69) is 10.4 Å². The lowest BCUT2D eigenvalue weighted by atomic mass is 10.1. The van der Waals surface area contributed by atoms with Gasteiger partial charge in [0.05, 0.1) is 5.69 Å². The number of aliphatic carboxylic acids is 1. The summed E-state index contributed by atoms with van der Waals surface area (Å²) in [5.41, 5.74) is 2.60. The molecule has 0 aliphatic carbocycles. The fourth-order valence-electron chi connectivity index (χ4n) is 2.22. The molecule has 25 heavy (non-hydrogen) atoms. The number of aryl methyl sites for hydroxylation is 2. The minimum atomic E-state index is -1.05. The Morgan fingerprint density at radius 3 is 2.48 bits per heavy atom. The van der Waals surface area contributed by atoms with Crippen molar-refractivity contribution in [2.75, 3.05) is 5.32 Å². The highest BCUT2D eigenvalue weighted by atomic mass is 16.5. The van der Waals surface area contributed by atoms with E-state index < -0.39 is 12.1 Å². The molecule has 1 amide bonds. The third kappa shape index (κ3) is 4.37. The van der Waals surface area contributed by atoms with Crippen molar-refractivity contribution in [1.82, 2.24) is 9.78 Å². The molecular formula is C18H23N3O4. The van der Waals surface area contributed by atoms with Crippen LogP contribution < -0.4 is 10.1 Å². The molecule has 0 saturated carbocycles. The number of ether oxygens (including phenoxy) is 1. The van der Waals surface area contributed by atoms with Crippen LogP contribution in [0.5, 0.6) is 5.75 Å². The van der Waals surface area contributed by atoms with Gasteiger partial charge in [0.25, 0.3) is 5.91 Å². The van der Waals surface area contributed by atoms with Gasteiger partial charge in [0.15, 0.2) is 6.10 Å². The standard InChI is InChI=1S/C18H23N3O4/c1-10(2)14-9-15(21(5)20-14)17(22)19-13-7-6-11(3)16(8-13)25-12(4)18(23)24/h6-10,12H,1-5H3,(H,19,22)(H,23,24). The number of carbonyl (C=O) groups excluding carboxylic acids is 1. The van der Waals surface area contributed by atoms with Gasteiger partial charge in [-0.25, -0.2) is 4.79 Å². The van der Waals surface area contributed by atoms with Gasteiger partial charge in [0.2, 0.25) is 0 Å². The van der Waals surface area contributed by atoms with Gasteiger partial charge in [0.1, 0.15) is 11.4 Å². The van der Waals surface area contributed by atoms with E-state index in [0.717, 1.165) is 11.3 Å². The number of benzene rings is 1. The van der Waals surface area contributed by atoms with Crippen molar-refractivity contribution in [1.29, 1.82) is 0 Å². The molecule has 2 aromatic rings. The van der Waals surface area contributed by atoms with Gasteiger partial charge in [-0.2, -0.15) is 5.10 Å². The maximum absolute atomic E-state index is 12.5. The number of nitrogens with one attached hydrogen (secondary N) is 1. The van der Waals surface area contributed by atoms with Crippen molar-refractivity contribution in [2.45, 2.75) is 39.7 Å². The van der Waals surface area contributed by atoms with E-state index in [4.69, 9.17) is 9.84 Å². The fourth-order valence-corrected chi connectivity index (χ4v) is 2.22.